The molecule has 1 N–H and O–H groups in total. The fraction of sp³-hybridized carbons (Fsp3) is 1.00. The summed E-state index contributed by atoms with van der Waals surface area (Å²) in [4.78, 5) is 5.09. The van der Waals surface area contributed by atoms with E-state index in [9.17, 15) is 0 Å². The second kappa shape index (κ2) is 6.55. The average molecular weight is 267 g/mol. The minimum absolute atomic E-state index is 0.720. The third-order valence-electron chi connectivity index (χ3n) is 5.50. The summed E-state index contributed by atoms with van der Waals surface area (Å²) in [7, 11) is 6.58. The van der Waals surface area contributed by atoms with Gasteiger partial charge in [-0.3, -0.25) is 0 Å². The van der Waals surface area contributed by atoms with Crippen molar-refractivity contribution in [3.05, 3.63) is 0 Å². The van der Waals surface area contributed by atoms with Gasteiger partial charge in [0.05, 0.1) is 0 Å². The van der Waals surface area contributed by atoms with E-state index in [0.717, 1.165) is 29.8 Å². The number of nitrogens with one attached hydrogen (secondary N) is 1. The second-order valence-corrected chi connectivity index (χ2v) is 7.28. The van der Waals surface area contributed by atoms with Crippen molar-refractivity contribution in [1.82, 2.24) is 15.1 Å². The van der Waals surface area contributed by atoms with E-state index in [2.05, 4.69) is 50.1 Å². The maximum atomic E-state index is 3.59. The van der Waals surface area contributed by atoms with Crippen LogP contribution >= 0.6 is 0 Å². The molecule has 1 heterocycles. The Kier molecular flexibility index (Phi) is 5.27. The van der Waals surface area contributed by atoms with Crippen LogP contribution in [-0.2, 0) is 0 Å². The van der Waals surface area contributed by atoms with Gasteiger partial charge in [-0.2, -0.15) is 0 Å². The average Bonchev–Trinajstić information content (AvgIpc) is 2.81. The SMILES string of the molecule is CNC1CC(C)CC(C)C1CN1CCC(N(C)C)C1. The van der Waals surface area contributed by atoms with Gasteiger partial charge in [0, 0.05) is 25.2 Å². The third kappa shape index (κ3) is 3.71. The van der Waals surface area contributed by atoms with E-state index < -0.39 is 0 Å². The van der Waals surface area contributed by atoms with Crippen molar-refractivity contribution >= 4 is 0 Å². The second-order valence-electron chi connectivity index (χ2n) is 7.28. The van der Waals surface area contributed by atoms with Crippen LogP contribution in [-0.4, -0.2) is 62.7 Å². The Morgan fingerprint density at radius 3 is 2.53 bits per heavy atom. The van der Waals surface area contributed by atoms with Crippen LogP contribution in [0.3, 0.4) is 0 Å². The largest absolute Gasteiger partial charge is 0.317 e. The molecule has 5 atom stereocenters. The van der Waals surface area contributed by atoms with Crippen LogP contribution < -0.4 is 5.32 Å². The Morgan fingerprint density at radius 2 is 1.95 bits per heavy atom. The molecule has 2 rings (SSSR count). The molecule has 0 aromatic heterocycles. The molecule has 0 radical (unpaired) electrons. The lowest BCUT2D eigenvalue weighted by atomic mass is 9.72. The lowest BCUT2D eigenvalue weighted by Crippen LogP contribution is -2.48. The van der Waals surface area contributed by atoms with Crippen molar-refractivity contribution in [2.75, 3.05) is 40.8 Å². The van der Waals surface area contributed by atoms with E-state index in [1.165, 1.54) is 38.9 Å². The molecule has 0 aromatic carbocycles. The highest BCUT2D eigenvalue weighted by Gasteiger charge is 2.35. The monoisotopic (exact) mass is 267 g/mol. The summed E-state index contributed by atoms with van der Waals surface area (Å²) in [5.41, 5.74) is 0. The van der Waals surface area contributed by atoms with E-state index in [1.54, 1.807) is 0 Å². The molecule has 1 aliphatic heterocycles. The first kappa shape index (κ1) is 15.3. The van der Waals surface area contributed by atoms with Crippen molar-refractivity contribution in [2.45, 2.75) is 45.2 Å². The summed E-state index contributed by atoms with van der Waals surface area (Å²) in [6.45, 7) is 8.73. The summed E-state index contributed by atoms with van der Waals surface area (Å²) >= 11 is 0. The molecule has 0 aromatic rings. The highest BCUT2D eigenvalue weighted by atomic mass is 15.2. The van der Waals surface area contributed by atoms with E-state index in [1.807, 2.05) is 0 Å². The molecule has 3 nitrogen and oxygen atoms in total. The predicted molar refractivity (Wildman–Crippen MR) is 82.4 cm³/mol. The lowest BCUT2D eigenvalue weighted by molar-refractivity contribution is 0.112. The van der Waals surface area contributed by atoms with Crippen molar-refractivity contribution in [1.29, 1.82) is 0 Å². The molecule has 1 aliphatic carbocycles. The number of nitrogens with zero attached hydrogens (tertiary/aromatic N) is 2. The number of likely N-dealkylation sites (N-methyl/N-ethyl adjacent to an activating group) is 1. The van der Waals surface area contributed by atoms with Crippen LogP contribution in [0.15, 0.2) is 0 Å². The van der Waals surface area contributed by atoms with Gasteiger partial charge in [0.1, 0.15) is 0 Å². The van der Waals surface area contributed by atoms with Gasteiger partial charge in [-0.15, -0.1) is 0 Å². The first-order chi connectivity index (χ1) is 9.01. The van der Waals surface area contributed by atoms with Gasteiger partial charge < -0.3 is 15.1 Å². The summed E-state index contributed by atoms with van der Waals surface area (Å²) in [5, 5.41) is 3.59. The van der Waals surface area contributed by atoms with E-state index >= 15 is 0 Å². The smallest absolute Gasteiger partial charge is 0.0229 e. The molecule has 0 amide bonds. The van der Waals surface area contributed by atoms with Crippen LogP contribution in [0, 0.1) is 17.8 Å². The Hall–Kier alpha value is -0.120. The first-order valence-electron chi connectivity index (χ1n) is 8.07. The molecular formula is C16H33N3. The highest BCUT2D eigenvalue weighted by molar-refractivity contribution is 4.91. The van der Waals surface area contributed by atoms with Crippen LogP contribution in [0.5, 0.6) is 0 Å². The summed E-state index contributed by atoms with van der Waals surface area (Å²) < 4.78 is 0. The van der Waals surface area contributed by atoms with E-state index in [0.29, 0.717) is 0 Å². The lowest BCUT2D eigenvalue weighted by Gasteiger charge is -2.41. The molecule has 5 unspecified atom stereocenters. The molecule has 0 spiro atoms. The summed E-state index contributed by atoms with van der Waals surface area (Å²) in [6, 6.07) is 1.49. The Balaban J connectivity index is 1.90. The molecule has 0 bridgehead atoms. The molecule has 1 saturated carbocycles. The van der Waals surface area contributed by atoms with Crippen LogP contribution in [0.4, 0.5) is 0 Å². The van der Waals surface area contributed by atoms with E-state index in [4.69, 9.17) is 0 Å². The van der Waals surface area contributed by atoms with Gasteiger partial charge in [-0.1, -0.05) is 13.8 Å². The molecule has 112 valence electrons. The normalized spacial score (nSPS) is 41.1. The van der Waals surface area contributed by atoms with Gasteiger partial charge in [-0.05, 0) is 64.7 Å². The van der Waals surface area contributed by atoms with Crippen LogP contribution in [0.2, 0.25) is 0 Å². The Labute approximate surface area is 119 Å². The minimum Gasteiger partial charge on any atom is -0.317 e. The standard InChI is InChI=1S/C16H33N3/c1-12-8-13(2)15(16(9-12)17-3)11-19-7-6-14(10-19)18(4)5/h12-17H,6-11H2,1-5H3. The predicted octanol–water partition coefficient (Wildman–Crippen LogP) is 1.89. The topological polar surface area (TPSA) is 18.5 Å². The van der Waals surface area contributed by atoms with Gasteiger partial charge >= 0.3 is 0 Å². The van der Waals surface area contributed by atoms with Crippen molar-refractivity contribution in [3.63, 3.8) is 0 Å². The minimum atomic E-state index is 0.720. The van der Waals surface area contributed by atoms with Gasteiger partial charge in [-0.25, -0.2) is 0 Å². The quantitative estimate of drug-likeness (QED) is 0.839. The van der Waals surface area contributed by atoms with Crippen LogP contribution in [0.1, 0.15) is 33.1 Å². The fourth-order valence-electron chi connectivity index (χ4n) is 4.25. The molecule has 2 aliphatic rings. The van der Waals surface area contributed by atoms with Crippen molar-refractivity contribution < 1.29 is 0 Å². The van der Waals surface area contributed by atoms with E-state index in [-0.39, 0.29) is 0 Å². The Bertz CT molecular complexity index is 279. The van der Waals surface area contributed by atoms with Crippen molar-refractivity contribution in [3.8, 4) is 0 Å². The van der Waals surface area contributed by atoms with Gasteiger partial charge in [0.15, 0.2) is 0 Å². The Morgan fingerprint density at radius 1 is 1.21 bits per heavy atom. The maximum absolute atomic E-state index is 3.59. The van der Waals surface area contributed by atoms with Gasteiger partial charge in [0.25, 0.3) is 0 Å². The number of hydrogen-bond acceptors (Lipinski definition) is 3. The maximum Gasteiger partial charge on any atom is 0.0229 e. The third-order valence-corrected chi connectivity index (χ3v) is 5.50. The van der Waals surface area contributed by atoms with Crippen LogP contribution in [0.25, 0.3) is 0 Å². The molecule has 3 heteroatoms. The highest BCUT2D eigenvalue weighted by Crippen LogP contribution is 2.34. The zero-order chi connectivity index (χ0) is 14.0. The number of hydrogen-bond donors (Lipinski definition) is 1. The molecule has 19 heavy (non-hydrogen) atoms. The fourth-order valence-corrected chi connectivity index (χ4v) is 4.25. The number of likely N-dealkylation sites (tertiary alicyclic amines) is 1. The summed E-state index contributed by atoms with van der Waals surface area (Å²) in [5.74, 6) is 2.58. The zero-order valence-electron chi connectivity index (χ0n) is 13.5. The summed E-state index contributed by atoms with van der Waals surface area (Å²) in [6.07, 6.45) is 4.11. The van der Waals surface area contributed by atoms with Gasteiger partial charge in [0.2, 0.25) is 0 Å². The first-order valence-corrected chi connectivity index (χ1v) is 8.07. The molecule has 2 fully saturated rings. The molecule has 1 saturated heterocycles. The zero-order valence-corrected chi connectivity index (χ0v) is 13.5. The number of rotatable bonds is 4. The van der Waals surface area contributed by atoms with Crippen molar-refractivity contribution in [2.24, 2.45) is 17.8 Å². The molecular weight excluding hydrogens is 234 g/mol.